The summed E-state index contributed by atoms with van der Waals surface area (Å²) in [6.07, 6.45) is 1.59. The summed E-state index contributed by atoms with van der Waals surface area (Å²) in [6.45, 7) is 2.03. The maximum atomic E-state index is 13.7. The number of nitrogen functional groups attached to an aromatic ring is 1. The van der Waals surface area contributed by atoms with Gasteiger partial charge in [-0.3, -0.25) is 4.68 Å². The lowest BCUT2D eigenvalue weighted by molar-refractivity contribution is 0.313. The molecule has 0 aliphatic carbocycles. The fourth-order valence-electron chi connectivity index (χ4n) is 1.65. The smallest absolute Gasteiger partial charge is 0.165 e. The third-order valence-corrected chi connectivity index (χ3v) is 2.43. The van der Waals surface area contributed by atoms with Gasteiger partial charge >= 0.3 is 0 Å². The van der Waals surface area contributed by atoms with Gasteiger partial charge in [0.15, 0.2) is 11.6 Å². The molecule has 1 aromatic heterocycles. The van der Waals surface area contributed by atoms with E-state index in [-0.39, 0.29) is 24.5 Å². The van der Waals surface area contributed by atoms with Gasteiger partial charge in [0.1, 0.15) is 11.6 Å². The Morgan fingerprint density at radius 2 is 2.00 bits per heavy atom. The van der Waals surface area contributed by atoms with E-state index in [0.717, 1.165) is 12.1 Å². The predicted octanol–water partition coefficient (Wildman–Crippen LogP) is 2.19. The zero-order valence-corrected chi connectivity index (χ0v) is 9.86. The Balaban J connectivity index is 2.38. The van der Waals surface area contributed by atoms with Crippen LogP contribution >= 0.6 is 0 Å². The van der Waals surface area contributed by atoms with E-state index in [1.54, 1.807) is 19.2 Å². The molecule has 2 N–H and O–H groups in total. The Morgan fingerprint density at radius 1 is 1.28 bits per heavy atom. The number of nitrogens with two attached hydrogens (primary N) is 1. The predicted molar refractivity (Wildman–Crippen MR) is 63.3 cm³/mol. The average Bonchev–Trinajstić information content (AvgIpc) is 2.74. The monoisotopic (exact) mass is 253 g/mol. The summed E-state index contributed by atoms with van der Waals surface area (Å²) in [5.74, 6) is -0.876. The fourth-order valence-corrected chi connectivity index (χ4v) is 1.65. The van der Waals surface area contributed by atoms with Gasteiger partial charge in [-0.1, -0.05) is 0 Å². The van der Waals surface area contributed by atoms with Crippen LogP contribution in [-0.4, -0.2) is 16.4 Å². The molecule has 96 valence electrons. The quantitative estimate of drug-likeness (QED) is 0.908. The summed E-state index contributed by atoms with van der Waals surface area (Å²) in [6, 6.07) is 3.69. The highest BCUT2D eigenvalue weighted by molar-refractivity contribution is 5.36. The van der Waals surface area contributed by atoms with Crippen LogP contribution in [0.1, 0.15) is 12.5 Å². The number of aromatic nitrogens is 2. The Labute approximate surface area is 103 Å². The molecule has 1 aromatic carbocycles. The number of hydrogen-bond donors (Lipinski definition) is 1. The van der Waals surface area contributed by atoms with Crippen LogP contribution in [0.5, 0.6) is 5.75 Å². The molecule has 0 unspecified atom stereocenters. The van der Waals surface area contributed by atoms with Crippen molar-refractivity contribution in [2.75, 3.05) is 12.3 Å². The second-order valence-electron chi connectivity index (χ2n) is 3.71. The van der Waals surface area contributed by atoms with E-state index in [2.05, 4.69) is 5.10 Å². The number of nitrogens with zero attached hydrogens (tertiary/aromatic N) is 2. The van der Waals surface area contributed by atoms with Crippen molar-refractivity contribution in [3.05, 3.63) is 41.6 Å². The zero-order valence-electron chi connectivity index (χ0n) is 9.86. The Bertz CT molecular complexity index is 554. The van der Waals surface area contributed by atoms with Gasteiger partial charge in [-0.05, 0) is 25.1 Å². The number of ether oxygens (including phenoxy) is 1. The molecule has 0 saturated heterocycles. The van der Waals surface area contributed by atoms with Gasteiger partial charge in [0, 0.05) is 6.20 Å². The molecule has 0 fully saturated rings. The van der Waals surface area contributed by atoms with E-state index in [9.17, 15) is 8.78 Å². The summed E-state index contributed by atoms with van der Waals surface area (Å²) < 4.78 is 33.9. The Kier molecular flexibility index (Phi) is 3.45. The van der Waals surface area contributed by atoms with Crippen LogP contribution in [0.15, 0.2) is 24.4 Å². The van der Waals surface area contributed by atoms with Gasteiger partial charge in [0.2, 0.25) is 0 Å². The molecule has 0 aliphatic heterocycles. The Hall–Kier alpha value is -2.11. The van der Waals surface area contributed by atoms with Gasteiger partial charge in [-0.25, -0.2) is 8.78 Å². The summed E-state index contributed by atoms with van der Waals surface area (Å²) in [5, 5.41) is 3.93. The molecule has 0 bridgehead atoms. The molecule has 6 heteroatoms. The standard InChI is InChI=1S/C12H13F2N3O/c1-2-18-12-8(9(13)3-4-10(12)14)7-17-6-5-11(15)16-17/h3-6H,2,7H2,1H3,(H2,15,16). The van der Waals surface area contributed by atoms with Crippen molar-refractivity contribution in [2.45, 2.75) is 13.5 Å². The molecule has 1 heterocycles. The van der Waals surface area contributed by atoms with Crippen molar-refractivity contribution in [2.24, 2.45) is 0 Å². The molecule has 0 aliphatic rings. The second kappa shape index (κ2) is 5.03. The van der Waals surface area contributed by atoms with Gasteiger partial charge in [-0.15, -0.1) is 0 Å². The highest BCUT2D eigenvalue weighted by Crippen LogP contribution is 2.26. The van der Waals surface area contributed by atoms with Crippen LogP contribution in [-0.2, 0) is 6.54 Å². The van der Waals surface area contributed by atoms with Crippen molar-refractivity contribution < 1.29 is 13.5 Å². The second-order valence-corrected chi connectivity index (χ2v) is 3.71. The first kappa shape index (κ1) is 12.3. The number of hydrogen-bond acceptors (Lipinski definition) is 3. The zero-order chi connectivity index (χ0) is 13.1. The molecular weight excluding hydrogens is 240 g/mol. The molecule has 0 atom stereocenters. The van der Waals surface area contributed by atoms with Crippen molar-refractivity contribution in [3.8, 4) is 5.75 Å². The number of halogens is 2. The van der Waals surface area contributed by atoms with E-state index in [0.29, 0.717) is 5.82 Å². The largest absolute Gasteiger partial charge is 0.490 e. The van der Waals surface area contributed by atoms with Gasteiger partial charge in [0.25, 0.3) is 0 Å². The first-order chi connectivity index (χ1) is 8.61. The van der Waals surface area contributed by atoms with E-state index in [4.69, 9.17) is 10.5 Å². The van der Waals surface area contributed by atoms with Crippen molar-refractivity contribution in [1.82, 2.24) is 9.78 Å². The first-order valence-electron chi connectivity index (χ1n) is 5.50. The summed E-state index contributed by atoms with van der Waals surface area (Å²) >= 11 is 0. The molecule has 0 amide bonds. The number of benzene rings is 1. The minimum atomic E-state index is -0.589. The molecule has 2 aromatic rings. The Morgan fingerprint density at radius 3 is 2.61 bits per heavy atom. The maximum absolute atomic E-state index is 13.7. The minimum absolute atomic E-state index is 0.0656. The normalized spacial score (nSPS) is 10.6. The van der Waals surface area contributed by atoms with Gasteiger partial charge in [-0.2, -0.15) is 5.10 Å². The molecule has 18 heavy (non-hydrogen) atoms. The van der Waals surface area contributed by atoms with E-state index in [1.807, 2.05) is 0 Å². The van der Waals surface area contributed by atoms with E-state index in [1.165, 1.54) is 4.68 Å². The average molecular weight is 253 g/mol. The third kappa shape index (κ3) is 2.42. The third-order valence-electron chi connectivity index (χ3n) is 2.43. The van der Waals surface area contributed by atoms with Crippen LogP contribution in [0.3, 0.4) is 0 Å². The van der Waals surface area contributed by atoms with Crippen LogP contribution in [0.4, 0.5) is 14.6 Å². The topological polar surface area (TPSA) is 53.1 Å². The van der Waals surface area contributed by atoms with Crippen LogP contribution < -0.4 is 10.5 Å². The van der Waals surface area contributed by atoms with E-state index < -0.39 is 11.6 Å². The molecular formula is C12H13F2N3O. The first-order valence-corrected chi connectivity index (χ1v) is 5.50. The molecule has 4 nitrogen and oxygen atoms in total. The van der Waals surface area contributed by atoms with Crippen LogP contribution in [0.2, 0.25) is 0 Å². The van der Waals surface area contributed by atoms with Gasteiger partial charge in [0.05, 0.1) is 18.7 Å². The lowest BCUT2D eigenvalue weighted by Gasteiger charge is -2.12. The summed E-state index contributed by atoms with van der Waals surface area (Å²) in [4.78, 5) is 0. The maximum Gasteiger partial charge on any atom is 0.165 e. The molecule has 0 saturated carbocycles. The van der Waals surface area contributed by atoms with Crippen molar-refractivity contribution in [3.63, 3.8) is 0 Å². The van der Waals surface area contributed by atoms with Crippen molar-refractivity contribution >= 4 is 5.82 Å². The van der Waals surface area contributed by atoms with Crippen molar-refractivity contribution in [1.29, 1.82) is 0 Å². The summed E-state index contributed by atoms with van der Waals surface area (Å²) in [5.41, 5.74) is 5.59. The fraction of sp³-hybridized carbons (Fsp3) is 0.250. The highest BCUT2D eigenvalue weighted by Gasteiger charge is 2.15. The van der Waals surface area contributed by atoms with Gasteiger partial charge < -0.3 is 10.5 Å². The molecule has 2 rings (SSSR count). The van der Waals surface area contributed by atoms with Crippen LogP contribution in [0.25, 0.3) is 0 Å². The lowest BCUT2D eigenvalue weighted by atomic mass is 10.1. The molecule has 0 radical (unpaired) electrons. The van der Waals surface area contributed by atoms with Crippen LogP contribution in [0, 0.1) is 11.6 Å². The minimum Gasteiger partial charge on any atom is -0.490 e. The number of rotatable bonds is 4. The highest BCUT2D eigenvalue weighted by atomic mass is 19.1. The molecule has 0 spiro atoms. The lowest BCUT2D eigenvalue weighted by Crippen LogP contribution is -2.08. The van der Waals surface area contributed by atoms with E-state index >= 15 is 0 Å². The SMILES string of the molecule is CCOc1c(F)ccc(F)c1Cn1ccc(N)n1. The number of anilines is 1. The summed E-state index contributed by atoms with van der Waals surface area (Å²) in [7, 11) is 0.